The lowest BCUT2D eigenvalue weighted by Gasteiger charge is -2.16. The van der Waals surface area contributed by atoms with Gasteiger partial charge in [0.1, 0.15) is 5.82 Å². The molecule has 1 saturated heterocycles. The molecule has 1 heterocycles. The second-order valence-electron chi connectivity index (χ2n) is 3.73. The summed E-state index contributed by atoms with van der Waals surface area (Å²) in [6, 6.07) is 4.27. The van der Waals surface area contributed by atoms with Crippen molar-refractivity contribution < 1.29 is 9.18 Å². The average molecular weight is 307 g/mol. The molecule has 16 heavy (non-hydrogen) atoms. The van der Waals surface area contributed by atoms with E-state index in [1.165, 1.54) is 18.2 Å². The van der Waals surface area contributed by atoms with Gasteiger partial charge in [-0.25, -0.2) is 4.39 Å². The molecule has 0 spiro atoms. The normalized spacial score (nSPS) is 20.2. The maximum Gasteiger partial charge on any atom is 0.258 e. The fraction of sp³-hybridized carbons (Fsp3) is 0.364. The van der Waals surface area contributed by atoms with Gasteiger partial charge in [-0.1, -0.05) is 33.6 Å². The largest absolute Gasteiger partial charge is 0.337 e. The Kier molecular flexibility index (Phi) is 3.50. The van der Waals surface area contributed by atoms with Gasteiger partial charge in [-0.3, -0.25) is 4.79 Å². The predicted molar refractivity (Wildman–Crippen MR) is 64.6 cm³/mol. The molecule has 1 aliphatic heterocycles. The van der Waals surface area contributed by atoms with Crippen molar-refractivity contribution in [1.82, 2.24) is 4.90 Å². The molecule has 2 rings (SSSR count). The van der Waals surface area contributed by atoms with Gasteiger partial charge >= 0.3 is 0 Å². The van der Waals surface area contributed by atoms with Crippen LogP contribution in [-0.4, -0.2) is 28.7 Å². The van der Waals surface area contributed by atoms with E-state index in [1.807, 2.05) is 0 Å². The number of alkyl halides is 1. The van der Waals surface area contributed by atoms with Crippen LogP contribution in [0.4, 0.5) is 4.39 Å². The molecule has 2 nitrogen and oxygen atoms in total. The lowest BCUT2D eigenvalue weighted by molar-refractivity contribution is 0.0789. The van der Waals surface area contributed by atoms with Crippen molar-refractivity contribution in [3.05, 3.63) is 34.6 Å². The maximum absolute atomic E-state index is 13.5. The molecule has 1 aromatic carbocycles. The number of hydrogen-bond donors (Lipinski definition) is 0. The van der Waals surface area contributed by atoms with Crippen LogP contribution in [0.15, 0.2) is 18.2 Å². The summed E-state index contributed by atoms with van der Waals surface area (Å²) in [4.78, 5) is 13.9. The van der Waals surface area contributed by atoms with Crippen LogP contribution in [0.3, 0.4) is 0 Å². The minimum absolute atomic E-state index is 0.0224. The smallest absolute Gasteiger partial charge is 0.258 e. The zero-order chi connectivity index (χ0) is 11.7. The number of nitrogens with zero attached hydrogens (tertiary/aromatic N) is 1. The van der Waals surface area contributed by atoms with Crippen LogP contribution >= 0.6 is 27.5 Å². The van der Waals surface area contributed by atoms with Crippen LogP contribution in [0, 0.1) is 5.82 Å². The molecule has 1 aliphatic rings. The van der Waals surface area contributed by atoms with Gasteiger partial charge in [-0.05, 0) is 18.6 Å². The minimum atomic E-state index is -0.560. The summed E-state index contributed by atoms with van der Waals surface area (Å²) in [7, 11) is 0. The van der Waals surface area contributed by atoms with Crippen molar-refractivity contribution in [3.63, 3.8) is 0 Å². The maximum atomic E-state index is 13.5. The van der Waals surface area contributed by atoms with Gasteiger partial charge in [-0.2, -0.15) is 0 Å². The third-order valence-corrected chi connectivity index (χ3v) is 3.66. The molecular formula is C11H10BrClFNO. The first-order valence-corrected chi connectivity index (χ1v) is 6.26. The molecule has 0 N–H and O–H groups in total. The average Bonchev–Trinajstić information content (AvgIpc) is 2.64. The van der Waals surface area contributed by atoms with Crippen LogP contribution in [0.5, 0.6) is 0 Å². The summed E-state index contributed by atoms with van der Waals surface area (Å²) in [5.74, 6) is -0.888. The van der Waals surface area contributed by atoms with Crippen molar-refractivity contribution in [1.29, 1.82) is 0 Å². The molecule has 0 bridgehead atoms. The highest BCUT2D eigenvalue weighted by atomic mass is 79.9. The Hall–Kier alpha value is -0.610. The zero-order valence-corrected chi connectivity index (χ0v) is 10.8. The molecule has 0 aromatic heterocycles. The van der Waals surface area contributed by atoms with Gasteiger partial charge in [0.25, 0.3) is 5.91 Å². The molecular weight excluding hydrogens is 296 g/mol. The summed E-state index contributed by atoms with van der Waals surface area (Å²) in [5.41, 5.74) is -0.0224. The number of benzene rings is 1. The highest BCUT2D eigenvalue weighted by molar-refractivity contribution is 9.09. The highest BCUT2D eigenvalue weighted by Gasteiger charge is 2.28. The highest BCUT2D eigenvalue weighted by Crippen LogP contribution is 2.24. The Labute approximate surface area is 107 Å². The number of carbonyl (C=O) groups excluding carboxylic acids is 1. The summed E-state index contributed by atoms with van der Waals surface area (Å²) in [5, 5.41) is 0.169. The number of hydrogen-bond acceptors (Lipinski definition) is 1. The Balaban J connectivity index is 2.27. The Morgan fingerprint density at radius 1 is 1.56 bits per heavy atom. The van der Waals surface area contributed by atoms with E-state index in [4.69, 9.17) is 11.6 Å². The lowest BCUT2D eigenvalue weighted by Crippen LogP contribution is -2.29. The Morgan fingerprint density at radius 3 is 2.88 bits per heavy atom. The van der Waals surface area contributed by atoms with Gasteiger partial charge in [0.2, 0.25) is 0 Å². The topological polar surface area (TPSA) is 20.3 Å². The molecule has 5 heteroatoms. The molecule has 1 fully saturated rings. The first kappa shape index (κ1) is 11.9. The molecule has 0 aliphatic carbocycles. The van der Waals surface area contributed by atoms with Crippen LogP contribution < -0.4 is 0 Å². The minimum Gasteiger partial charge on any atom is -0.337 e. The summed E-state index contributed by atoms with van der Waals surface area (Å²) in [6.07, 6.45) is 0.887. The first-order valence-electron chi connectivity index (χ1n) is 4.97. The Bertz CT molecular complexity index is 406. The van der Waals surface area contributed by atoms with E-state index in [1.54, 1.807) is 4.90 Å². The van der Waals surface area contributed by atoms with E-state index in [9.17, 15) is 9.18 Å². The van der Waals surface area contributed by atoms with E-state index in [0.29, 0.717) is 17.9 Å². The van der Waals surface area contributed by atoms with Crippen molar-refractivity contribution in [2.24, 2.45) is 0 Å². The summed E-state index contributed by atoms with van der Waals surface area (Å²) in [6.45, 7) is 1.24. The van der Waals surface area contributed by atoms with Crippen molar-refractivity contribution in [3.8, 4) is 0 Å². The number of carbonyl (C=O) groups is 1. The quantitative estimate of drug-likeness (QED) is 0.730. The van der Waals surface area contributed by atoms with Gasteiger partial charge in [0.15, 0.2) is 0 Å². The molecule has 0 saturated carbocycles. The summed E-state index contributed by atoms with van der Waals surface area (Å²) >= 11 is 9.28. The van der Waals surface area contributed by atoms with Crippen LogP contribution in [0.2, 0.25) is 5.02 Å². The van der Waals surface area contributed by atoms with E-state index < -0.39 is 5.82 Å². The van der Waals surface area contributed by atoms with E-state index in [0.717, 1.165) is 6.42 Å². The van der Waals surface area contributed by atoms with Crippen LogP contribution in [-0.2, 0) is 0 Å². The van der Waals surface area contributed by atoms with Crippen molar-refractivity contribution in [2.75, 3.05) is 13.1 Å². The van der Waals surface area contributed by atoms with Gasteiger partial charge in [-0.15, -0.1) is 0 Å². The van der Waals surface area contributed by atoms with Crippen LogP contribution in [0.1, 0.15) is 16.8 Å². The van der Waals surface area contributed by atoms with Gasteiger partial charge < -0.3 is 4.90 Å². The SMILES string of the molecule is O=C(c1c(F)cccc1Cl)N1CCC(Br)C1. The number of amides is 1. The molecule has 86 valence electrons. The predicted octanol–water partition coefficient (Wildman–Crippen LogP) is 3.09. The number of likely N-dealkylation sites (tertiary alicyclic amines) is 1. The van der Waals surface area contributed by atoms with Gasteiger partial charge in [0.05, 0.1) is 10.6 Å². The standard InChI is InChI=1S/C11H10BrClFNO/c12-7-4-5-15(6-7)11(16)10-8(13)2-1-3-9(10)14/h1-3,7H,4-6H2. The molecule has 0 radical (unpaired) electrons. The fourth-order valence-corrected chi connectivity index (χ4v) is 2.56. The fourth-order valence-electron chi connectivity index (χ4n) is 1.76. The third kappa shape index (κ3) is 2.23. The molecule has 1 atom stereocenters. The Morgan fingerprint density at radius 2 is 2.31 bits per heavy atom. The van der Waals surface area contributed by atoms with E-state index in [-0.39, 0.29) is 16.5 Å². The van der Waals surface area contributed by atoms with E-state index >= 15 is 0 Å². The second-order valence-corrected chi connectivity index (χ2v) is 5.44. The molecule has 1 aromatic rings. The van der Waals surface area contributed by atoms with Crippen LogP contribution in [0.25, 0.3) is 0 Å². The van der Waals surface area contributed by atoms with Crippen molar-refractivity contribution >= 4 is 33.4 Å². The number of halogens is 3. The monoisotopic (exact) mass is 305 g/mol. The summed E-state index contributed by atoms with van der Waals surface area (Å²) < 4.78 is 13.5. The van der Waals surface area contributed by atoms with E-state index in [2.05, 4.69) is 15.9 Å². The lowest BCUT2D eigenvalue weighted by atomic mass is 10.2. The first-order chi connectivity index (χ1) is 7.59. The third-order valence-electron chi connectivity index (χ3n) is 2.59. The zero-order valence-electron chi connectivity index (χ0n) is 8.42. The number of rotatable bonds is 1. The second kappa shape index (κ2) is 4.72. The molecule has 1 unspecified atom stereocenters. The van der Waals surface area contributed by atoms with Crippen molar-refractivity contribution in [2.45, 2.75) is 11.2 Å². The van der Waals surface area contributed by atoms with Gasteiger partial charge in [0, 0.05) is 17.9 Å². The molecule has 1 amide bonds.